The van der Waals surface area contributed by atoms with Crippen LogP contribution in [-0.4, -0.2) is 56.7 Å². The Morgan fingerprint density at radius 3 is 2.28 bits per heavy atom. The maximum atomic E-state index is 13.4. The fourth-order valence-corrected chi connectivity index (χ4v) is 3.95. The summed E-state index contributed by atoms with van der Waals surface area (Å²) in [6.45, 7) is 3.19. The summed E-state index contributed by atoms with van der Waals surface area (Å²) in [5, 5.41) is 3.21. The van der Waals surface area contributed by atoms with Crippen molar-refractivity contribution in [3.8, 4) is 23.1 Å². The first-order chi connectivity index (χ1) is 19.1. The SMILES string of the molecule is COc1cc(/C=N/c2cnc(Nc3ccc(N4CCOCC4)cc3)nc2Oc2ccc(F)cc2)cc(OC)c1. The number of aliphatic imine (C=N–C) groups is 1. The molecule has 4 aromatic rings. The second kappa shape index (κ2) is 12.2. The second-order valence-electron chi connectivity index (χ2n) is 8.62. The maximum Gasteiger partial charge on any atom is 0.250 e. The predicted molar refractivity (Wildman–Crippen MR) is 148 cm³/mol. The van der Waals surface area contributed by atoms with Crippen LogP contribution in [0, 0.1) is 5.82 Å². The zero-order chi connectivity index (χ0) is 27.0. The van der Waals surface area contributed by atoms with Crippen LogP contribution in [0.2, 0.25) is 0 Å². The molecule has 5 rings (SSSR count). The first kappa shape index (κ1) is 25.9. The zero-order valence-electron chi connectivity index (χ0n) is 21.6. The molecule has 0 bridgehead atoms. The largest absolute Gasteiger partial charge is 0.497 e. The highest BCUT2D eigenvalue weighted by Gasteiger charge is 2.13. The van der Waals surface area contributed by atoms with Crippen LogP contribution in [-0.2, 0) is 4.74 Å². The Kier molecular flexibility index (Phi) is 8.13. The van der Waals surface area contributed by atoms with Crippen LogP contribution in [0.1, 0.15) is 5.56 Å². The summed E-state index contributed by atoms with van der Waals surface area (Å²) in [6.07, 6.45) is 3.20. The van der Waals surface area contributed by atoms with Gasteiger partial charge in [-0.1, -0.05) is 0 Å². The van der Waals surface area contributed by atoms with Crippen LogP contribution < -0.4 is 24.4 Å². The number of aromatic nitrogens is 2. The fraction of sp³-hybridized carbons (Fsp3) is 0.207. The van der Waals surface area contributed by atoms with Gasteiger partial charge in [-0.3, -0.25) is 0 Å². The topological polar surface area (TPSA) is 90.3 Å². The van der Waals surface area contributed by atoms with Gasteiger partial charge in [0.15, 0.2) is 0 Å². The third-order valence-corrected chi connectivity index (χ3v) is 5.99. The number of hydrogen-bond acceptors (Lipinski definition) is 9. The van der Waals surface area contributed by atoms with E-state index in [4.69, 9.17) is 18.9 Å². The monoisotopic (exact) mass is 529 g/mol. The van der Waals surface area contributed by atoms with Gasteiger partial charge < -0.3 is 29.2 Å². The van der Waals surface area contributed by atoms with Crippen molar-refractivity contribution in [3.63, 3.8) is 0 Å². The highest BCUT2D eigenvalue weighted by Crippen LogP contribution is 2.32. The summed E-state index contributed by atoms with van der Waals surface area (Å²) < 4.78 is 35.5. The van der Waals surface area contributed by atoms with Crippen LogP contribution >= 0.6 is 0 Å². The molecular weight excluding hydrogens is 501 g/mol. The van der Waals surface area contributed by atoms with E-state index in [0.717, 1.165) is 43.2 Å². The number of anilines is 3. The molecule has 1 fully saturated rings. The molecule has 0 atom stereocenters. The first-order valence-electron chi connectivity index (χ1n) is 12.4. The number of methoxy groups -OCH3 is 2. The minimum Gasteiger partial charge on any atom is -0.497 e. The van der Waals surface area contributed by atoms with Gasteiger partial charge in [-0.25, -0.2) is 14.4 Å². The summed E-state index contributed by atoms with van der Waals surface area (Å²) in [4.78, 5) is 15.8. The van der Waals surface area contributed by atoms with E-state index in [0.29, 0.717) is 28.9 Å². The van der Waals surface area contributed by atoms with E-state index < -0.39 is 0 Å². The fourth-order valence-electron chi connectivity index (χ4n) is 3.95. The molecule has 0 amide bonds. The molecule has 1 saturated heterocycles. The van der Waals surface area contributed by atoms with Crippen LogP contribution in [0.3, 0.4) is 0 Å². The van der Waals surface area contributed by atoms with Crippen molar-refractivity contribution in [2.75, 3.05) is 50.7 Å². The van der Waals surface area contributed by atoms with Crippen LogP contribution in [0.5, 0.6) is 23.1 Å². The van der Waals surface area contributed by atoms with E-state index in [2.05, 4.69) is 25.2 Å². The summed E-state index contributed by atoms with van der Waals surface area (Å²) >= 11 is 0. The van der Waals surface area contributed by atoms with Crippen molar-refractivity contribution in [3.05, 3.63) is 84.3 Å². The van der Waals surface area contributed by atoms with E-state index >= 15 is 0 Å². The Bertz CT molecular complexity index is 1400. The Hall–Kier alpha value is -4.70. The van der Waals surface area contributed by atoms with Crippen LogP contribution in [0.4, 0.5) is 27.4 Å². The zero-order valence-corrected chi connectivity index (χ0v) is 21.6. The number of morpholine rings is 1. The van der Waals surface area contributed by atoms with Gasteiger partial charge in [-0.2, -0.15) is 4.98 Å². The molecule has 0 saturated carbocycles. The molecule has 0 radical (unpaired) electrons. The van der Waals surface area contributed by atoms with E-state index in [9.17, 15) is 4.39 Å². The van der Waals surface area contributed by atoms with Crippen molar-refractivity contribution >= 4 is 29.2 Å². The molecule has 3 aromatic carbocycles. The highest BCUT2D eigenvalue weighted by molar-refractivity contribution is 5.84. The third kappa shape index (κ3) is 6.79. The Labute approximate surface area is 225 Å². The van der Waals surface area contributed by atoms with E-state index in [1.54, 1.807) is 32.7 Å². The molecule has 1 aromatic heterocycles. The molecule has 9 nitrogen and oxygen atoms in total. The Morgan fingerprint density at radius 1 is 0.923 bits per heavy atom. The number of halogens is 1. The van der Waals surface area contributed by atoms with Gasteiger partial charge in [0, 0.05) is 42.3 Å². The smallest absolute Gasteiger partial charge is 0.250 e. The number of ether oxygens (including phenoxy) is 4. The van der Waals surface area contributed by atoms with Gasteiger partial charge in [-0.15, -0.1) is 0 Å². The molecule has 10 heteroatoms. The van der Waals surface area contributed by atoms with Crippen LogP contribution in [0.25, 0.3) is 0 Å². The average molecular weight is 530 g/mol. The lowest BCUT2D eigenvalue weighted by Gasteiger charge is -2.28. The number of rotatable bonds is 9. The average Bonchev–Trinajstić information content (AvgIpc) is 2.98. The molecule has 1 N–H and O–H groups in total. The van der Waals surface area contributed by atoms with Crippen molar-refractivity contribution < 1.29 is 23.3 Å². The van der Waals surface area contributed by atoms with Gasteiger partial charge in [0.05, 0.1) is 33.6 Å². The molecule has 2 heterocycles. The minimum absolute atomic E-state index is 0.204. The summed E-state index contributed by atoms with van der Waals surface area (Å²) in [7, 11) is 3.17. The molecule has 1 aliphatic rings. The van der Waals surface area contributed by atoms with Crippen molar-refractivity contribution in [2.45, 2.75) is 0 Å². The standard InChI is InChI=1S/C29H28FN5O4/c1-36-25-15-20(16-26(17-25)37-2)18-31-27-19-32-29(34-28(27)39-24-9-3-21(30)4-10-24)33-22-5-7-23(8-6-22)35-11-13-38-14-12-35/h3-10,15-19H,11-14H2,1-2H3,(H,32,33,34)/b31-18+. The highest BCUT2D eigenvalue weighted by atomic mass is 19.1. The molecule has 0 spiro atoms. The van der Waals surface area contributed by atoms with Gasteiger partial charge in [0.25, 0.3) is 0 Å². The Balaban J connectivity index is 1.40. The van der Waals surface area contributed by atoms with Crippen molar-refractivity contribution in [1.82, 2.24) is 9.97 Å². The number of hydrogen-bond donors (Lipinski definition) is 1. The molecular formula is C29H28FN5O4. The van der Waals surface area contributed by atoms with Gasteiger partial charge >= 0.3 is 0 Å². The maximum absolute atomic E-state index is 13.4. The van der Waals surface area contributed by atoms with Crippen LogP contribution in [0.15, 0.2) is 77.9 Å². The molecule has 200 valence electrons. The van der Waals surface area contributed by atoms with Gasteiger partial charge in [-0.05, 0) is 60.7 Å². The normalized spacial score (nSPS) is 13.4. The third-order valence-electron chi connectivity index (χ3n) is 5.99. The predicted octanol–water partition coefficient (Wildman–Crippen LogP) is 5.76. The Morgan fingerprint density at radius 2 is 1.62 bits per heavy atom. The van der Waals surface area contributed by atoms with Gasteiger partial charge in [0.2, 0.25) is 11.8 Å². The molecule has 0 unspecified atom stereocenters. The molecule has 1 aliphatic heterocycles. The summed E-state index contributed by atoms with van der Waals surface area (Å²) in [6, 6.07) is 19.1. The summed E-state index contributed by atoms with van der Waals surface area (Å²) in [5.41, 5.74) is 3.08. The number of benzene rings is 3. The first-order valence-corrected chi connectivity index (χ1v) is 12.4. The van der Waals surface area contributed by atoms with E-state index in [-0.39, 0.29) is 11.7 Å². The minimum atomic E-state index is -0.363. The summed E-state index contributed by atoms with van der Waals surface area (Å²) in [5.74, 6) is 1.85. The number of nitrogens with zero attached hydrogens (tertiary/aromatic N) is 4. The van der Waals surface area contributed by atoms with Gasteiger partial charge in [0.1, 0.15) is 28.8 Å². The lowest BCUT2D eigenvalue weighted by molar-refractivity contribution is 0.122. The second-order valence-corrected chi connectivity index (χ2v) is 8.62. The quantitative estimate of drug-likeness (QED) is 0.274. The van der Waals surface area contributed by atoms with Crippen molar-refractivity contribution in [2.24, 2.45) is 4.99 Å². The van der Waals surface area contributed by atoms with Crippen molar-refractivity contribution in [1.29, 1.82) is 0 Å². The molecule has 0 aliphatic carbocycles. The number of nitrogens with one attached hydrogen (secondary N) is 1. The van der Waals surface area contributed by atoms with E-state index in [1.165, 1.54) is 24.3 Å². The molecule has 39 heavy (non-hydrogen) atoms. The van der Waals surface area contributed by atoms with E-state index in [1.807, 2.05) is 36.4 Å². The lowest BCUT2D eigenvalue weighted by Crippen LogP contribution is -2.36. The lowest BCUT2D eigenvalue weighted by atomic mass is 10.2.